The number of hydrogen-bond acceptors (Lipinski definition) is 4. The fraction of sp³-hybridized carbons (Fsp3) is 0.440. The average molecular weight is 425 g/mol. The number of benzene rings is 2. The minimum absolute atomic E-state index is 0.0477. The number of nitrogens with zero attached hydrogens (tertiary/aromatic N) is 1. The molecule has 2 amide bonds. The molecule has 0 aromatic heterocycles. The molecule has 2 aromatic carbocycles. The zero-order valence-corrected chi connectivity index (χ0v) is 18.6. The molecule has 31 heavy (non-hydrogen) atoms. The van der Waals surface area contributed by atoms with Crippen LogP contribution in [0.4, 0.5) is 11.4 Å². The molecule has 3 rings (SSSR count). The lowest BCUT2D eigenvalue weighted by Crippen LogP contribution is -2.28. The summed E-state index contributed by atoms with van der Waals surface area (Å²) in [6.07, 6.45) is 3.65. The van der Waals surface area contributed by atoms with E-state index in [9.17, 15) is 9.59 Å². The van der Waals surface area contributed by atoms with Gasteiger partial charge < -0.3 is 19.7 Å². The van der Waals surface area contributed by atoms with Crippen molar-refractivity contribution in [1.82, 2.24) is 0 Å². The van der Waals surface area contributed by atoms with Gasteiger partial charge in [0, 0.05) is 24.3 Å². The van der Waals surface area contributed by atoms with Gasteiger partial charge in [0.15, 0.2) is 0 Å². The monoisotopic (exact) mass is 424 g/mol. The van der Waals surface area contributed by atoms with E-state index in [4.69, 9.17) is 9.47 Å². The fourth-order valence-electron chi connectivity index (χ4n) is 3.53. The fourth-order valence-corrected chi connectivity index (χ4v) is 3.53. The highest BCUT2D eigenvalue weighted by Crippen LogP contribution is 2.28. The molecule has 2 aromatic rings. The van der Waals surface area contributed by atoms with Crippen LogP contribution in [0.5, 0.6) is 11.5 Å². The van der Waals surface area contributed by atoms with Crippen LogP contribution in [0.1, 0.15) is 46.5 Å². The first-order valence-electron chi connectivity index (χ1n) is 11.1. The van der Waals surface area contributed by atoms with Gasteiger partial charge in [-0.2, -0.15) is 0 Å². The first kappa shape index (κ1) is 22.7. The third kappa shape index (κ3) is 6.48. The Morgan fingerprint density at radius 2 is 1.74 bits per heavy atom. The highest BCUT2D eigenvalue weighted by Gasteiger charge is 2.35. The van der Waals surface area contributed by atoms with Crippen molar-refractivity contribution in [1.29, 1.82) is 0 Å². The highest BCUT2D eigenvalue weighted by atomic mass is 16.5. The van der Waals surface area contributed by atoms with E-state index >= 15 is 0 Å². The maximum absolute atomic E-state index is 12.7. The maximum Gasteiger partial charge on any atom is 0.229 e. The van der Waals surface area contributed by atoms with Gasteiger partial charge >= 0.3 is 0 Å². The minimum Gasteiger partial charge on any atom is -0.494 e. The molecule has 0 saturated carbocycles. The van der Waals surface area contributed by atoms with E-state index in [1.807, 2.05) is 62.4 Å². The van der Waals surface area contributed by atoms with E-state index in [2.05, 4.69) is 12.2 Å². The summed E-state index contributed by atoms with van der Waals surface area (Å²) in [6, 6.07) is 14.8. The van der Waals surface area contributed by atoms with Gasteiger partial charge in [-0.25, -0.2) is 0 Å². The van der Waals surface area contributed by atoms with E-state index < -0.39 is 0 Å². The summed E-state index contributed by atoms with van der Waals surface area (Å²) in [5.74, 6) is 0.975. The molecule has 1 heterocycles. The summed E-state index contributed by atoms with van der Waals surface area (Å²) in [5, 5.41) is 2.92. The van der Waals surface area contributed by atoms with Crippen LogP contribution in [-0.2, 0) is 9.59 Å². The quantitative estimate of drug-likeness (QED) is 0.543. The van der Waals surface area contributed by atoms with Crippen LogP contribution in [0.2, 0.25) is 0 Å². The minimum atomic E-state index is -0.385. The smallest absolute Gasteiger partial charge is 0.229 e. The Bertz CT molecular complexity index is 862. The number of nitrogens with one attached hydrogen (secondary N) is 1. The van der Waals surface area contributed by atoms with Gasteiger partial charge in [0.1, 0.15) is 11.5 Å². The summed E-state index contributed by atoms with van der Waals surface area (Å²) in [4.78, 5) is 26.9. The first-order valence-corrected chi connectivity index (χ1v) is 11.1. The topological polar surface area (TPSA) is 67.9 Å². The van der Waals surface area contributed by atoms with Crippen LogP contribution in [-0.4, -0.2) is 31.1 Å². The van der Waals surface area contributed by atoms with Crippen molar-refractivity contribution in [2.45, 2.75) is 52.6 Å². The summed E-state index contributed by atoms with van der Waals surface area (Å²) < 4.78 is 11.4. The number of anilines is 2. The highest BCUT2D eigenvalue weighted by molar-refractivity contribution is 6.03. The number of unbranched alkanes of at least 4 members (excludes halogenated alkanes) is 2. The Balaban J connectivity index is 1.53. The normalized spacial score (nSPS) is 15.9. The van der Waals surface area contributed by atoms with Crippen molar-refractivity contribution in [3.8, 4) is 11.5 Å². The molecule has 1 saturated heterocycles. The number of ether oxygens (including phenoxy) is 2. The van der Waals surface area contributed by atoms with Gasteiger partial charge in [0.25, 0.3) is 0 Å². The van der Waals surface area contributed by atoms with Crippen LogP contribution < -0.4 is 19.7 Å². The lowest BCUT2D eigenvalue weighted by Gasteiger charge is -2.18. The summed E-state index contributed by atoms with van der Waals surface area (Å²) in [7, 11) is 0. The molecule has 0 bridgehead atoms. The van der Waals surface area contributed by atoms with Crippen LogP contribution in [0, 0.1) is 5.92 Å². The molecule has 1 N–H and O–H groups in total. The van der Waals surface area contributed by atoms with Crippen molar-refractivity contribution in [2.24, 2.45) is 5.92 Å². The van der Waals surface area contributed by atoms with Crippen LogP contribution in [0.15, 0.2) is 48.5 Å². The second-order valence-electron chi connectivity index (χ2n) is 8.14. The molecule has 6 heteroatoms. The molecular weight excluding hydrogens is 392 g/mol. The van der Waals surface area contributed by atoms with Crippen LogP contribution in [0.25, 0.3) is 0 Å². The van der Waals surface area contributed by atoms with Crippen molar-refractivity contribution in [2.75, 3.05) is 23.4 Å². The lowest BCUT2D eigenvalue weighted by atomic mass is 10.1. The second kappa shape index (κ2) is 10.8. The SMILES string of the molecule is CCCCCOc1ccc(NC(=O)[C@H]2CC(=O)N(c3ccc(OC(C)C)cc3)C2)cc1. The summed E-state index contributed by atoms with van der Waals surface area (Å²) >= 11 is 0. The van der Waals surface area contributed by atoms with Gasteiger partial charge in [-0.05, 0) is 68.8 Å². The Labute approximate surface area is 184 Å². The third-order valence-electron chi connectivity index (χ3n) is 5.15. The van der Waals surface area contributed by atoms with Crippen LogP contribution >= 0.6 is 0 Å². The van der Waals surface area contributed by atoms with Gasteiger partial charge in [-0.15, -0.1) is 0 Å². The van der Waals surface area contributed by atoms with E-state index in [-0.39, 0.29) is 30.3 Å². The number of rotatable bonds is 10. The van der Waals surface area contributed by atoms with Gasteiger partial charge in [-0.1, -0.05) is 19.8 Å². The lowest BCUT2D eigenvalue weighted by molar-refractivity contribution is -0.122. The van der Waals surface area contributed by atoms with Crippen molar-refractivity contribution < 1.29 is 19.1 Å². The van der Waals surface area contributed by atoms with Crippen molar-refractivity contribution >= 4 is 23.2 Å². The predicted octanol–water partition coefficient (Wildman–Crippen LogP) is 5.03. The van der Waals surface area contributed by atoms with Crippen molar-refractivity contribution in [3.05, 3.63) is 48.5 Å². The third-order valence-corrected chi connectivity index (χ3v) is 5.15. The first-order chi connectivity index (χ1) is 15.0. The summed E-state index contributed by atoms with van der Waals surface area (Å²) in [5.41, 5.74) is 1.48. The number of carbonyl (C=O) groups is 2. The number of hydrogen-bond donors (Lipinski definition) is 1. The van der Waals surface area contributed by atoms with Crippen LogP contribution in [0.3, 0.4) is 0 Å². The van der Waals surface area contributed by atoms with E-state index in [1.54, 1.807) is 4.90 Å². The molecule has 166 valence electrons. The molecule has 0 unspecified atom stereocenters. The Hall–Kier alpha value is -3.02. The van der Waals surface area contributed by atoms with E-state index in [0.717, 1.165) is 36.4 Å². The molecule has 1 fully saturated rings. The molecule has 0 radical (unpaired) electrons. The molecule has 0 aliphatic carbocycles. The standard InChI is InChI=1S/C25H32N2O4/c1-4-5-6-15-30-22-11-7-20(8-12-22)26-25(29)19-16-24(28)27(17-19)21-9-13-23(14-10-21)31-18(2)3/h7-14,18-19H,4-6,15-17H2,1-3H3,(H,26,29)/t19-/m0/s1. The second-order valence-corrected chi connectivity index (χ2v) is 8.14. The Kier molecular flexibility index (Phi) is 7.93. The molecule has 1 aliphatic rings. The molecular formula is C25H32N2O4. The zero-order valence-electron chi connectivity index (χ0n) is 18.6. The molecule has 0 spiro atoms. The summed E-state index contributed by atoms with van der Waals surface area (Å²) in [6.45, 7) is 7.16. The zero-order chi connectivity index (χ0) is 22.2. The number of carbonyl (C=O) groups excluding carboxylic acids is 2. The molecule has 1 aliphatic heterocycles. The van der Waals surface area contributed by atoms with Gasteiger partial charge in [0.2, 0.25) is 11.8 Å². The number of amides is 2. The maximum atomic E-state index is 12.7. The van der Waals surface area contributed by atoms with E-state index in [0.29, 0.717) is 18.8 Å². The van der Waals surface area contributed by atoms with Gasteiger partial charge in [0.05, 0.1) is 18.6 Å². The Morgan fingerprint density at radius 1 is 1.06 bits per heavy atom. The van der Waals surface area contributed by atoms with Gasteiger partial charge in [-0.3, -0.25) is 9.59 Å². The van der Waals surface area contributed by atoms with E-state index in [1.165, 1.54) is 0 Å². The Morgan fingerprint density at radius 3 is 2.39 bits per heavy atom. The largest absolute Gasteiger partial charge is 0.494 e. The van der Waals surface area contributed by atoms with Crippen molar-refractivity contribution in [3.63, 3.8) is 0 Å². The average Bonchev–Trinajstić information content (AvgIpc) is 3.14. The molecule has 6 nitrogen and oxygen atoms in total. The predicted molar refractivity (Wildman–Crippen MR) is 123 cm³/mol. The molecule has 1 atom stereocenters.